The summed E-state index contributed by atoms with van der Waals surface area (Å²) in [5.74, 6) is 0.308. The molecule has 0 atom stereocenters. The lowest BCUT2D eigenvalue weighted by Crippen LogP contribution is -2.42. The first-order valence-corrected chi connectivity index (χ1v) is 5.62. The molecule has 0 bridgehead atoms. The van der Waals surface area contributed by atoms with E-state index in [1.54, 1.807) is 4.90 Å². The van der Waals surface area contributed by atoms with Gasteiger partial charge in [-0.1, -0.05) is 19.8 Å². The van der Waals surface area contributed by atoms with Gasteiger partial charge in [0.05, 0.1) is 0 Å². The summed E-state index contributed by atoms with van der Waals surface area (Å²) in [6.07, 6.45) is 5.52. The topological polar surface area (TPSA) is 46.3 Å². The van der Waals surface area contributed by atoms with Crippen LogP contribution in [0.25, 0.3) is 0 Å². The Bertz CT molecular complexity index is 197. The zero-order chi connectivity index (χ0) is 10.6. The van der Waals surface area contributed by atoms with E-state index in [0.29, 0.717) is 19.0 Å². The molecule has 0 spiro atoms. The average Bonchev–Trinajstić information content (AvgIpc) is 2.66. The van der Waals surface area contributed by atoms with Crippen molar-refractivity contribution in [2.45, 2.75) is 39.0 Å². The lowest BCUT2D eigenvalue weighted by molar-refractivity contribution is -0.140. The van der Waals surface area contributed by atoms with Crippen molar-refractivity contribution >= 4 is 5.91 Å². The van der Waals surface area contributed by atoms with Crippen LogP contribution in [0.4, 0.5) is 0 Å². The number of carbonyl (C=O) groups excluding carboxylic acids is 1. The fourth-order valence-corrected chi connectivity index (χ4v) is 2.47. The molecule has 1 fully saturated rings. The van der Waals surface area contributed by atoms with E-state index in [2.05, 4.69) is 6.92 Å². The Morgan fingerprint density at radius 2 is 2.00 bits per heavy atom. The number of hydrogen-bond acceptors (Lipinski definition) is 2. The Balaban J connectivity index is 2.64. The Kier molecular flexibility index (Phi) is 3.93. The van der Waals surface area contributed by atoms with Gasteiger partial charge in [-0.05, 0) is 19.3 Å². The molecule has 1 aliphatic carbocycles. The summed E-state index contributed by atoms with van der Waals surface area (Å²) < 4.78 is 0. The fourth-order valence-electron chi connectivity index (χ4n) is 2.47. The summed E-state index contributed by atoms with van der Waals surface area (Å²) in [7, 11) is 1.87. The Labute approximate surface area is 86.6 Å². The molecule has 0 aromatic rings. The van der Waals surface area contributed by atoms with Gasteiger partial charge in [0.15, 0.2) is 0 Å². The Morgan fingerprint density at radius 1 is 1.43 bits per heavy atom. The van der Waals surface area contributed by atoms with E-state index in [1.807, 2.05) is 7.05 Å². The number of nitrogens with two attached hydrogens (primary N) is 1. The van der Waals surface area contributed by atoms with Crippen LogP contribution in [0.5, 0.6) is 0 Å². The van der Waals surface area contributed by atoms with Gasteiger partial charge >= 0.3 is 0 Å². The van der Waals surface area contributed by atoms with Crippen LogP contribution in [0.15, 0.2) is 0 Å². The predicted octanol–water partition coefficient (Wildman–Crippen LogP) is 1.37. The minimum absolute atomic E-state index is 0.0517. The van der Waals surface area contributed by atoms with E-state index in [9.17, 15) is 4.79 Å². The first-order valence-electron chi connectivity index (χ1n) is 5.62. The maximum atomic E-state index is 12.2. The molecule has 1 saturated carbocycles. The van der Waals surface area contributed by atoms with Crippen molar-refractivity contribution < 1.29 is 4.79 Å². The number of amides is 1. The van der Waals surface area contributed by atoms with Gasteiger partial charge in [0.25, 0.3) is 0 Å². The highest BCUT2D eigenvalue weighted by molar-refractivity contribution is 5.82. The first-order chi connectivity index (χ1) is 6.66. The average molecular weight is 198 g/mol. The second-order valence-corrected chi connectivity index (χ2v) is 4.36. The number of nitrogens with zero attached hydrogens (tertiary/aromatic N) is 1. The van der Waals surface area contributed by atoms with Gasteiger partial charge in [-0.15, -0.1) is 0 Å². The van der Waals surface area contributed by atoms with Crippen molar-refractivity contribution in [2.24, 2.45) is 11.1 Å². The number of carbonyl (C=O) groups is 1. The molecule has 82 valence electrons. The molecule has 0 aromatic heterocycles. The molecule has 0 aromatic carbocycles. The van der Waals surface area contributed by atoms with Crippen molar-refractivity contribution in [1.29, 1.82) is 0 Å². The third-order valence-corrected chi connectivity index (χ3v) is 3.50. The summed E-state index contributed by atoms with van der Waals surface area (Å²) in [5, 5.41) is 0. The SMILES string of the molecule is CCC1(C(=O)N(C)CCN)CCCC1. The molecular weight excluding hydrogens is 176 g/mol. The van der Waals surface area contributed by atoms with Crippen LogP contribution in [0.2, 0.25) is 0 Å². The van der Waals surface area contributed by atoms with Crippen molar-refractivity contribution in [2.75, 3.05) is 20.1 Å². The van der Waals surface area contributed by atoms with E-state index < -0.39 is 0 Å². The van der Waals surface area contributed by atoms with E-state index >= 15 is 0 Å². The van der Waals surface area contributed by atoms with Crippen LogP contribution in [-0.2, 0) is 4.79 Å². The number of hydrogen-bond donors (Lipinski definition) is 1. The van der Waals surface area contributed by atoms with Gasteiger partial charge in [0.2, 0.25) is 5.91 Å². The van der Waals surface area contributed by atoms with Gasteiger partial charge in [-0.25, -0.2) is 0 Å². The quantitative estimate of drug-likeness (QED) is 0.741. The van der Waals surface area contributed by atoms with Crippen molar-refractivity contribution in [1.82, 2.24) is 4.90 Å². The molecule has 3 nitrogen and oxygen atoms in total. The number of likely N-dealkylation sites (N-methyl/N-ethyl adjacent to an activating group) is 1. The number of rotatable bonds is 4. The van der Waals surface area contributed by atoms with Crippen LogP contribution in [0, 0.1) is 5.41 Å². The van der Waals surface area contributed by atoms with E-state index in [1.165, 1.54) is 12.8 Å². The molecule has 3 heteroatoms. The highest BCUT2D eigenvalue weighted by atomic mass is 16.2. The minimum atomic E-state index is -0.0517. The molecule has 1 amide bonds. The van der Waals surface area contributed by atoms with Crippen molar-refractivity contribution in [3.05, 3.63) is 0 Å². The lowest BCUT2D eigenvalue weighted by Gasteiger charge is -2.31. The second-order valence-electron chi connectivity index (χ2n) is 4.36. The van der Waals surface area contributed by atoms with Gasteiger partial charge in [0.1, 0.15) is 0 Å². The summed E-state index contributed by atoms with van der Waals surface area (Å²) in [6, 6.07) is 0. The van der Waals surface area contributed by atoms with Crippen LogP contribution in [-0.4, -0.2) is 30.9 Å². The molecular formula is C11H22N2O. The minimum Gasteiger partial charge on any atom is -0.344 e. The van der Waals surface area contributed by atoms with E-state index in [-0.39, 0.29) is 5.41 Å². The molecule has 0 saturated heterocycles. The first kappa shape index (κ1) is 11.5. The Morgan fingerprint density at radius 3 is 2.43 bits per heavy atom. The smallest absolute Gasteiger partial charge is 0.228 e. The van der Waals surface area contributed by atoms with Crippen LogP contribution >= 0.6 is 0 Å². The predicted molar refractivity (Wildman–Crippen MR) is 57.9 cm³/mol. The van der Waals surface area contributed by atoms with Gasteiger partial charge < -0.3 is 10.6 Å². The summed E-state index contributed by atoms with van der Waals surface area (Å²) >= 11 is 0. The molecule has 0 radical (unpaired) electrons. The molecule has 0 aliphatic heterocycles. The third kappa shape index (κ3) is 2.08. The van der Waals surface area contributed by atoms with Gasteiger partial charge in [-0.3, -0.25) is 4.79 Å². The maximum absolute atomic E-state index is 12.2. The zero-order valence-electron chi connectivity index (χ0n) is 9.38. The van der Waals surface area contributed by atoms with Crippen LogP contribution in [0.3, 0.4) is 0 Å². The second kappa shape index (κ2) is 4.78. The molecule has 0 unspecified atom stereocenters. The highest BCUT2D eigenvalue weighted by Gasteiger charge is 2.40. The van der Waals surface area contributed by atoms with Gasteiger partial charge in [-0.2, -0.15) is 0 Å². The fraction of sp³-hybridized carbons (Fsp3) is 0.909. The standard InChI is InChI=1S/C11H22N2O/c1-3-11(6-4-5-7-11)10(14)13(2)9-8-12/h3-9,12H2,1-2H3. The zero-order valence-corrected chi connectivity index (χ0v) is 9.38. The normalized spacial score (nSPS) is 19.6. The van der Waals surface area contributed by atoms with Crippen LogP contribution in [0.1, 0.15) is 39.0 Å². The van der Waals surface area contributed by atoms with Crippen molar-refractivity contribution in [3.63, 3.8) is 0 Å². The molecule has 0 heterocycles. The van der Waals surface area contributed by atoms with Gasteiger partial charge in [0, 0.05) is 25.6 Å². The molecule has 14 heavy (non-hydrogen) atoms. The van der Waals surface area contributed by atoms with E-state index in [4.69, 9.17) is 5.73 Å². The molecule has 2 N–H and O–H groups in total. The Hall–Kier alpha value is -0.570. The monoisotopic (exact) mass is 198 g/mol. The lowest BCUT2D eigenvalue weighted by atomic mass is 9.82. The third-order valence-electron chi connectivity index (χ3n) is 3.50. The van der Waals surface area contributed by atoms with Crippen LogP contribution < -0.4 is 5.73 Å². The largest absolute Gasteiger partial charge is 0.344 e. The highest BCUT2D eigenvalue weighted by Crippen LogP contribution is 2.42. The summed E-state index contributed by atoms with van der Waals surface area (Å²) in [5.41, 5.74) is 5.40. The summed E-state index contributed by atoms with van der Waals surface area (Å²) in [4.78, 5) is 14.0. The maximum Gasteiger partial charge on any atom is 0.228 e. The molecule has 1 aliphatic rings. The molecule has 1 rings (SSSR count). The summed E-state index contributed by atoms with van der Waals surface area (Å²) in [6.45, 7) is 3.36. The van der Waals surface area contributed by atoms with E-state index in [0.717, 1.165) is 19.3 Å². The van der Waals surface area contributed by atoms with Crippen molar-refractivity contribution in [3.8, 4) is 0 Å².